The maximum atomic E-state index is 14.2. The maximum Gasteiger partial charge on any atom is 0.337 e. The Morgan fingerprint density at radius 2 is 1.56 bits per heavy atom. The first-order chi connectivity index (χ1) is 23.1. The first-order valence-corrected chi connectivity index (χ1v) is 16.2. The van der Waals surface area contributed by atoms with Gasteiger partial charge in [0.25, 0.3) is 5.69 Å². The molecule has 252 valence electrons. The number of likely N-dealkylation sites (tertiary alicyclic amines) is 1. The number of esters is 2. The molecule has 0 aromatic heterocycles. The Kier molecular flexibility index (Phi) is 11.1. The van der Waals surface area contributed by atoms with Crippen molar-refractivity contribution in [3.05, 3.63) is 134 Å². The van der Waals surface area contributed by atoms with Crippen LogP contribution in [0.3, 0.4) is 0 Å². The van der Waals surface area contributed by atoms with Gasteiger partial charge in [-0.25, -0.2) is 9.59 Å². The third-order valence-electron chi connectivity index (χ3n) is 9.13. The van der Waals surface area contributed by atoms with E-state index in [1.165, 1.54) is 30.4 Å². The summed E-state index contributed by atoms with van der Waals surface area (Å²) in [5.41, 5.74) is 3.42. The van der Waals surface area contributed by atoms with Gasteiger partial charge in [0, 0.05) is 56.1 Å². The number of methoxy groups -OCH3 is 1. The third-order valence-corrected chi connectivity index (χ3v) is 9.13. The molecule has 0 bridgehead atoms. The summed E-state index contributed by atoms with van der Waals surface area (Å²) in [7, 11) is 1.50. The Bertz CT molecular complexity index is 1650. The van der Waals surface area contributed by atoms with E-state index in [-0.39, 0.29) is 36.0 Å². The van der Waals surface area contributed by atoms with Gasteiger partial charge in [-0.3, -0.25) is 15.0 Å². The first kappa shape index (κ1) is 34.5. The van der Waals surface area contributed by atoms with Crippen LogP contribution in [0.4, 0.5) is 5.69 Å². The maximum absolute atomic E-state index is 14.2. The number of ether oxygens (including phenoxy) is 3. The van der Waals surface area contributed by atoms with Gasteiger partial charge in [-0.15, -0.1) is 0 Å². The number of nitrogens with zero attached hydrogens (tertiary/aromatic N) is 2. The number of allylic oxidation sites excluding steroid dienone is 2. The van der Waals surface area contributed by atoms with Crippen molar-refractivity contribution in [2.24, 2.45) is 0 Å². The van der Waals surface area contributed by atoms with Gasteiger partial charge >= 0.3 is 11.9 Å². The number of carbonyl (C=O) groups is 2. The number of nitrogens with one attached hydrogen (secondary N) is 1. The fourth-order valence-electron chi connectivity index (χ4n) is 6.77. The largest absolute Gasteiger partial charge is 0.460 e. The molecule has 2 aliphatic rings. The van der Waals surface area contributed by atoms with Gasteiger partial charge in [0.15, 0.2) is 0 Å². The zero-order valence-corrected chi connectivity index (χ0v) is 27.9. The average Bonchev–Trinajstić information content (AvgIpc) is 3.45. The van der Waals surface area contributed by atoms with E-state index in [1.807, 2.05) is 19.1 Å². The second kappa shape index (κ2) is 15.4. The highest BCUT2D eigenvalue weighted by Gasteiger charge is 2.43. The van der Waals surface area contributed by atoms with Gasteiger partial charge in [-0.05, 0) is 50.4 Å². The summed E-state index contributed by atoms with van der Waals surface area (Å²) in [4.78, 5) is 41.2. The molecule has 0 aliphatic carbocycles. The number of hydrogen-bond acceptors (Lipinski definition) is 9. The topological polar surface area (TPSA) is 120 Å². The van der Waals surface area contributed by atoms with Gasteiger partial charge in [-0.1, -0.05) is 72.8 Å². The van der Waals surface area contributed by atoms with Crippen LogP contribution in [0.1, 0.15) is 62.1 Å². The predicted molar refractivity (Wildman–Crippen MR) is 182 cm³/mol. The van der Waals surface area contributed by atoms with Crippen LogP contribution >= 0.6 is 0 Å². The second-order valence-corrected chi connectivity index (χ2v) is 12.6. The molecule has 10 heteroatoms. The number of hydrogen-bond donors (Lipinski definition) is 1. The summed E-state index contributed by atoms with van der Waals surface area (Å²) in [6.07, 6.45) is 1.54. The molecule has 1 N–H and O–H groups in total. The fraction of sp³-hybridized carbons (Fsp3) is 0.368. The highest BCUT2D eigenvalue weighted by Crippen LogP contribution is 2.41. The quantitative estimate of drug-likeness (QED) is 0.0988. The zero-order valence-electron chi connectivity index (χ0n) is 27.9. The molecule has 2 aliphatic heterocycles. The lowest BCUT2D eigenvalue weighted by Crippen LogP contribution is -2.39. The number of benzene rings is 3. The Morgan fingerprint density at radius 3 is 2.17 bits per heavy atom. The van der Waals surface area contributed by atoms with Crippen LogP contribution < -0.4 is 5.32 Å². The van der Waals surface area contributed by atoms with E-state index in [4.69, 9.17) is 14.2 Å². The molecule has 2 unspecified atom stereocenters. The number of nitro benzene ring substituents is 1. The third kappa shape index (κ3) is 8.00. The lowest BCUT2D eigenvalue weighted by molar-refractivity contribution is -0.384. The molecule has 10 nitrogen and oxygen atoms in total. The SMILES string of the molecule is COCCOC(=O)C1=C(C)NC(C)=C(C(=O)OC2(C)CCN(CCC(c3ccccc3)c3ccccc3)C2)C1c1cccc([N+](=O)[O-])c1. The van der Waals surface area contributed by atoms with E-state index in [9.17, 15) is 19.7 Å². The summed E-state index contributed by atoms with van der Waals surface area (Å²) in [6.45, 7) is 7.75. The Hall–Kier alpha value is -4.80. The molecule has 1 fully saturated rings. The van der Waals surface area contributed by atoms with Gasteiger partial charge in [0.05, 0.1) is 28.6 Å². The van der Waals surface area contributed by atoms with Crippen molar-refractivity contribution in [3.63, 3.8) is 0 Å². The van der Waals surface area contributed by atoms with Gasteiger partial charge in [-0.2, -0.15) is 0 Å². The summed E-state index contributed by atoms with van der Waals surface area (Å²) < 4.78 is 16.8. The molecular formula is C38H43N3O7. The summed E-state index contributed by atoms with van der Waals surface area (Å²) in [6, 6.07) is 27.0. The Balaban J connectivity index is 1.36. The van der Waals surface area contributed by atoms with Crippen LogP contribution in [0.25, 0.3) is 0 Å². The van der Waals surface area contributed by atoms with Crippen molar-refractivity contribution in [3.8, 4) is 0 Å². The van der Waals surface area contributed by atoms with Gasteiger partial charge in [0.2, 0.25) is 0 Å². The number of rotatable bonds is 13. The molecule has 0 saturated carbocycles. The average molecular weight is 654 g/mol. The van der Waals surface area contributed by atoms with Crippen LogP contribution in [0, 0.1) is 10.1 Å². The minimum absolute atomic E-state index is 0.0134. The molecule has 5 rings (SSSR count). The Morgan fingerprint density at radius 1 is 0.938 bits per heavy atom. The second-order valence-electron chi connectivity index (χ2n) is 12.6. The van der Waals surface area contributed by atoms with E-state index in [1.54, 1.807) is 26.0 Å². The smallest absolute Gasteiger partial charge is 0.337 e. The summed E-state index contributed by atoms with van der Waals surface area (Å²) in [5.74, 6) is -1.93. The normalized spacial score (nSPS) is 19.7. The minimum Gasteiger partial charge on any atom is -0.460 e. The molecule has 3 aromatic carbocycles. The molecule has 0 radical (unpaired) electrons. The molecule has 2 heterocycles. The Labute approximate surface area is 281 Å². The van der Waals surface area contributed by atoms with Crippen LogP contribution in [-0.4, -0.2) is 67.3 Å². The van der Waals surface area contributed by atoms with E-state index < -0.39 is 28.4 Å². The van der Waals surface area contributed by atoms with Gasteiger partial charge < -0.3 is 19.5 Å². The number of dihydropyridines is 1. The molecule has 48 heavy (non-hydrogen) atoms. The van der Waals surface area contributed by atoms with Crippen LogP contribution in [0.15, 0.2) is 107 Å². The summed E-state index contributed by atoms with van der Waals surface area (Å²) >= 11 is 0. The lowest BCUT2D eigenvalue weighted by atomic mass is 9.80. The lowest BCUT2D eigenvalue weighted by Gasteiger charge is -2.33. The van der Waals surface area contributed by atoms with E-state index >= 15 is 0 Å². The van der Waals surface area contributed by atoms with E-state index in [0.29, 0.717) is 29.9 Å². The van der Waals surface area contributed by atoms with E-state index in [2.05, 4.69) is 58.7 Å². The number of carbonyl (C=O) groups excluding carboxylic acids is 2. The fourth-order valence-corrected chi connectivity index (χ4v) is 6.77. The van der Waals surface area contributed by atoms with Crippen LogP contribution in [0.5, 0.6) is 0 Å². The standard InChI is InChI=1S/C38H43N3O7/c1-26-33(36(42)47-23-22-46-4)35(30-16-11-17-31(24-30)41(44)45)34(27(2)39-26)37(43)48-38(3)19-21-40(25-38)20-18-32(28-12-7-5-8-13-28)29-14-9-6-10-15-29/h5-17,24,32,35,39H,18-23,25H2,1-4H3. The van der Waals surface area contributed by atoms with E-state index in [0.717, 1.165) is 19.5 Å². The van der Waals surface area contributed by atoms with Gasteiger partial charge in [0.1, 0.15) is 12.2 Å². The van der Waals surface area contributed by atoms with Crippen molar-refractivity contribution in [2.75, 3.05) is 40.0 Å². The molecular weight excluding hydrogens is 610 g/mol. The number of nitro groups is 1. The minimum atomic E-state index is -0.938. The molecule has 2 atom stereocenters. The monoisotopic (exact) mass is 653 g/mol. The summed E-state index contributed by atoms with van der Waals surface area (Å²) in [5, 5.41) is 14.9. The number of non-ortho nitro benzene ring substituents is 1. The molecule has 0 spiro atoms. The van der Waals surface area contributed by atoms with Crippen molar-refractivity contribution in [2.45, 2.75) is 51.0 Å². The molecule has 3 aromatic rings. The molecule has 0 amide bonds. The van der Waals surface area contributed by atoms with Crippen molar-refractivity contribution in [1.29, 1.82) is 0 Å². The van der Waals surface area contributed by atoms with Crippen molar-refractivity contribution < 1.29 is 28.7 Å². The van der Waals surface area contributed by atoms with Crippen molar-refractivity contribution in [1.82, 2.24) is 10.2 Å². The first-order valence-electron chi connectivity index (χ1n) is 16.2. The van der Waals surface area contributed by atoms with Crippen molar-refractivity contribution >= 4 is 17.6 Å². The zero-order chi connectivity index (χ0) is 34.3. The highest BCUT2D eigenvalue weighted by molar-refractivity contribution is 6.00. The highest BCUT2D eigenvalue weighted by atomic mass is 16.6. The molecule has 1 saturated heterocycles. The van der Waals surface area contributed by atoms with Crippen LogP contribution in [-0.2, 0) is 23.8 Å². The van der Waals surface area contributed by atoms with Crippen LogP contribution in [0.2, 0.25) is 0 Å². The predicted octanol–water partition coefficient (Wildman–Crippen LogP) is 6.25.